The Bertz CT molecular complexity index is 1010. The van der Waals surface area contributed by atoms with Crippen LogP contribution in [0.1, 0.15) is 23.0 Å². The van der Waals surface area contributed by atoms with E-state index < -0.39 is 6.04 Å². The number of nitrogens with one attached hydrogen (secondary N) is 3. The second-order valence-electron chi connectivity index (χ2n) is 6.34. The van der Waals surface area contributed by atoms with Gasteiger partial charge < -0.3 is 15.6 Å². The number of fused-ring (bicyclic) bond motifs is 2. The monoisotopic (exact) mass is 340 g/mol. The first kappa shape index (κ1) is 15.6. The van der Waals surface area contributed by atoms with Crippen LogP contribution >= 0.6 is 0 Å². The summed E-state index contributed by atoms with van der Waals surface area (Å²) in [5, 5.41) is 6.16. The molecule has 8 nitrogen and oxygen atoms in total. The number of hydrogen-bond donors (Lipinski definition) is 3. The van der Waals surface area contributed by atoms with Gasteiger partial charge in [-0.25, -0.2) is 9.78 Å². The smallest absolute Gasteiger partial charge is 0.328 e. The number of imidazole rings is 2. The van der Waals surface area contributed by atoms with Gasteiger partial charge in [-0.3, -0.25) is 13.9 Å². The van der Waals surface area contributed by atoms with Gasteiger partial charge in [-0.05, 0) is 17.7 Å². The molecule has 0 fully saturated rings. The molecule has 0 saturated heterocycles. The molecule has 1 atom stereocenters. The standard InChI is InChI=1S/C17H20N6O2/c1-22-12-4-3-10(7-13(12)23(2)17(22)25)8-19-16(24)15-14-11(5-6-18-15)20-9-21-14/h3-4,7,9,15,18H,5-6,8H2,1-2H3,(H,19,24)(H,20,21)/t15-/m1/s1. The largest absolute Gasteiger partial charge is 0.350 e. The highest BCUT2D eigenvalue weighted by Crippen LogP contribution is 2.19. The van der Waals surface area contributed by atoms with Crippen LogP contribution in [0.15, 0.2) is 29.3 Å². The number of aryl methyl sites for hydroxylation is 2. The number of aromatic amines is 1. The van der Waals surface area contributed by atoms with Gasteiger partial charge in [-0.15, -0.1) is 0 Å². The van der Waals surface area contributed by atoms with Crippen molar-refractivity contribution < 1.29 is 4.79 Å². The van der Waals surface area contributed by atoms with Crippen LogP contribution in [0.25, 0.3) is 11.0 Å². The van der Waals surface area contributed by atoms with Gasteiger partial charge in [0.25, 0.3) is 0 Å². The summed E-state index contributed by atoms with van der Waals surface area (Å²) in [5.74, 6) is -0.102. The van der Waals surface area contributed by atoms with Crippen LogP contribution in [-0.4, -0.2) is 31.6 Å². The maximum Gasteiger partial charge on any atom is 0.328 e. The summed E-state index contributed by atoms with van der Waals surface area (Å²) in [7, 11) is 3.50. The van der Waals surface area contributed by atoms with Crippen molar-refractivity contribution in [3.8, 4) is 0 Å². The van der Waals surface area contributed by atoms with E-state index in [0.717, 1.165) is 41.0 Å². The van der Waals surface area contributed by atoms with Crippen LogP contribution < -0.4 is 16.3 Å². The van der Waals surface area contributed by atoms with Crippen LogP contribution in [0.3, 0.4) is 0 Å². The van der Waals surface area contributed by atoms with Gasteiger partial charge in [0.1, 0.15) is 6.04 Å². The molecule has 1 aliphatic rings. The molecular weight excluding hydrogens is 320 g/mol. The molecule has 2 aromatic heterocycles. The molecule has 130 valence electrons. The van der Waals surface area contributed by atoms with Gasteiger partial charge in [0.05, 0.1) is 23.1 Å². The number of aromatic nitrogens is 4. The minimum Gasteiger partial charge on any atom is -0.350 e. The van der Waals surface area contributed by atoms with Crippen molar-refractivity contribution in [3.05, 3.63) is 52.0 Å². The highest BCUT2D eigenvalue weighted by molar-refractivity contribution is 5.83. The molecule has 8 heteroatoms. The van der Waals surface area contributed by atoms with Crippen LogP contribution in [0.4, 0.5) is 0 Å². The maximum absolute atomic E-state index is 12.5. The number of amides is 1. The zero-order valence-corrected chi connectivity index (χ0v) is 14.2. The summed E-state index contributed by atoms with van der Waals surface area (Å²) in [6.45, 7) is 1.14. The molecule has 4 rings (SSSR count). The van der Waals surface area contributed by atoms with E-state index in [4.69, 9.17) is 0 Å². The Balaban J connectivity index is 1.52. The average molecular weight is 340 g/mol. The SMILES string of the molecule is Cn1c(=O)n(C)c2cc(CNC(=O)[C@@H]3NCCc4[nH]cnc43)ccc21. The van der Waals surface area contributed by atoms with Gasteiger partial charge in [0.2, 0.25) is 5.91 Å². The Morgan fingerprint density at radius 3 is 2.96 bits per heavy atom. The number of rotatable bonds is 3. The molecule has 3 N–H and O–H groups in total. The number of nitrogens with zero attached hydrogens (tertiary/aromatic N) is 3. The lowest BCUT2D eigenvalue weighted by Gasteiger charge is -2.22. The molecule has 0 radical (unpaired) electrons. The molecule has 3 aromatic rings. The van der Waals surface area contributed by atoms with Crippen LogP contribution in [-0.2, 0) is 31.9 Å². The van der Waals surface area contributed by atoms with E-state index in [1.54, 1.807) is 29.6 Å². The summed E-state index contributed by atoms with van der Waals surface area (Å²) in [6.07, 6.45) is 2.47. The maximum atomic E-state index is 12.5. The Labute approximate surface area is 143 Å². The topological polar surface area (TPSA) is 96.7 Å². The van der Waals surface area contributed by atoms with Crippen molar-refractivity contribution in [1.82, 2.24) is 29.7 Å². The summed E-state index contributed by atoms with van der Waals surface area (Å²) in [5.41, 5.74) is 4.39. The lowest BCUT2D eigenvalue weighted by atomic mass is 10.0. The van der Waals surface area contributed by atoms with Crippen LogP contribution in [0.2, 0.25) is 0 Å². The van der Waals surface area contributed by atoms with E-state index in [9.17, 15) is 9.59 Å². The number of H-pyrrole nitrogens is 1. The molecule has 1 aromatic carbocycles. The lowest BCUT2D eigenvalue weighted by molar-refractivity contribution is -0.123. The summed E-state index contributed by atoms with van der Waals surface area (Å²) < 4.78 is 3.22. The molecule has 3 heterocycles. The third-order valence-electron chi connectivity index (χ3n) is 4.81. The van der Waals surface area contributed by atoms with Crippen molar-refractivity contribution >= 4 is 16.9 Å². The average Bonchev–Trinajstić information content (AvgIpc) is 3.19. The second-order valence-corrected chi connectivity index (χ2v) is 6.34. The van der Waals surface area contributed by atoms with Crippen molar-refractivity contribution in [2.24, 2.45) is 14.1 Å². The van der Waals surface area contributed by atoms with E-state index >= 15 is 0 Å². The predicted molar refractivity (Wildman–Crippen MR) is 93.0 cm³/mol. The van der Waals surface area contributed by atoms with Crippen molar-refractivity contribution in [1.29, 1.82) is 0 Å². The van der Waals surface area contributed by atoms with Gasteiger partial charge >= 0.3 is 5.69 Å². The van der Waals surface area contributed by atoms with Gasteiger partial charge in [0, 0.05) is 39.3 Å². The zero-order chi connectivity index (χ0) is 17.6. The summed E-state index contributed by atoms with van der Waals surface area (Å²) in [6, 6.07) is 5.34. The molecule has 0 unspecified atom stereocenters. The Morgan fingerprint density at radius 1 is 1.32 bits per heavy atom. The lowest BCUT2D eigenvalue weighted by Crippen LogP contribution is -2.41. The molecule has 25 heavy (non-hydrogen) atoms. The first-order chi connectivity index (χ1) is 12.1. The van der Waals surface area contributed by atoms with E-state index in [0.29, 0.717) is 6.54 Å². The van der Waals surface area contributed by atoms with E-state index in [1.807, 2.05) is 18.2 Å². The Kier molecular flexibility index (Phi) is 3.69. The normalized spacial score (nSPS) is 16.8. The number of hydrogen-bond acceptors (Lipinski definition) is 4. The highest BCUT2D eigenvalue weighted by atomic mass is 16.2. The Hall–Kier alpha value is -2.87. The minimum absolute atomic E-state index is 0.0614. The molecule has 0 saturated carbocycles. The summed E-state index contributed by atoms with van der Waals surface area (Å²) in [4.78, 5) is 31.9. The number of carbonyl (C=O) groups excluding carboxylic acids is 1. The van der Waals surface area contributed by atoms with E-state index in [2.05, 4.69) is 20.6 Å². The second kappa shape index (κ2) is 5.89. The van der Waals surface area contributed by atoms with Crippen LogP contribution in [0, 0.1) is 0 Å². The minimum atomic E-state index is -0.431. The number of benzene rings is 1. The summed E-state index contributed by atoms with van der Waals surface area (Å²) >= 11 is 0. The highest BCUT2D eigenvalue weighted by Gasteiger charge is 2.28. The molecule has 0 aliphatic carbocycles. The van der Waals surface area contributed by atoms with E-state index in [1.165, 1.54) is 0 Å². The fourth-order valence-corrected chi connectivity index (χ4v) is 3.39. The molecule has 1 amide bonds. The van der Waals surface area contributed by atoms with Gasteiger partial charge in [-0.1, -0.05) is 6.07 Å². The fraction of sp³-hybridized carbons (Fsp3) is 0.353. The van der Waals surface area contributed by atoms with Gasteiger partial charge in [-0.2, -0.15) is 0 Å². The van der Waals surface area contributed by atoms with Crippen LogP contribution in [0.5, 0.6) is 0 Å². The number of carbonyl (C=O) groups is 1. The molecule has 1 aliphatic heterocycles. The quantitative estimate of drug-likeness (QED) is 0.630. The van der Waals surface area contributed by atoms with Crippen molar-refractivity contribution in [3.63, 3.8) is 0 Å². The Morgan fingerprint density at radius 2 is 2.12 bits per heavy atom. The predicted octanol–water partition coefficient (Wildman–Crippen LogP) is 0.103. The third kappa shape index (κ3) is 2.54. The first-order valence-corrected chi connectivity index (χ1v) is 8.24. The fourth-order valence-electron chi connectivity index (χ4n) is 3.39. The zero-order valence-electron chi connectivity index (χ0n) is 14.2. The van der Waals surface area contributed by atoms with E-state index in [-0.39, 0.29) is 11.6 Å². The van der Waals surface area contributed by atoms with Crippen molar-refractivity contribution in [2.45, 2.75) is 19.0 Å². The third-order valence-corrected chi connectivity index (χ3v) is 4.81. The first-order valence-electron chi connectivity index (χ1n) is 8.24. The van der Waals surface area contributed by atoms with Crippen molar-refractivity contribution in [2.75, 3.05) is 6.54 Å². The molecular formula is C17H20N6O2. The van der Waals surface area contributed by atoms with Gasteiger partial charge in [0.15, 0.2) is 0 Å². The molecule has 0 spiro atoms. The molecule has 0 bridgehead atoms.